The zero-order valence-electron chi connectivity index (χ0n) is 12.1. The number of nitrogens with zero attached hydrogens (tertiary/aromatic N) is 2. The van der Waals surface area contributed by atoms with Crippen LogP contribution in [0.15, 0.2) is 22.7 Å². The van der Waals surface area contributed by atoms with Crippen LogP contribution in [0, 0.1) is 6.92 Å². The number of aliphatic hydroxyl groups excluding tert-OH is 1. The van der Waals surface area contributed by atoms with Crippen molar-refractivity contribution >= 4 is 0 Å². The number of aliphatic hydroxyl groups is 1. The molecule has 0 saturated heterocycles. The second-order valence-electron chi connectivity index (χ2n) is 4.84. The Balaban J connectivity index is 1.99. The van der Waals surface area contributed by atoms with Crippen LogP contribution >= 0.6 is 0 Å². The molecule has 0 radical (unpaired) electrons. The molecule has 0 aliphatic carbocycles. The van der Waals surface area contributed by atoms with Gasteiger partial charge in [0.2, 0.25) is 11.7 Å². The van der Waals surface area contributed by atoms with E-state index in [4.69, 9.17) is 9.26 Å². The van der Waals surface area contributed by atoms with Crippen LogP contribution in [0.2, 0.25) is 0 Å². The Labute approximate surface area is 118 Å². The number of aromatic nitrogens is 2. The van der Waals surface area contributed by atoms with Crippen molar-refractivity contribution in [2.45, 2.75) is 46.3 Å². The van der Waals surface area contributed by atoms with Gasteiger partial charge in [0.1, 0.15) is 5.75 Å². The number of rotatable bonds is 6. The lowest BCUT2D eigenvalue weighted by atomic mass is 10.1. The van der Waals surface area contributed by atoms with Gasteiger partial charge in [-0.25, -0.2) is 0 Å². The molecule has 0 spiro atoms. The zero-order chi connectivity index (χ0) is 14.5. The van der Waals surface area contributed by atoms with Gasteiger partial charge in [-0.2, -0.15) is 4.98 Å². The molecule has 0 unspecified atom stereocenters. The molecule has 20 heavy (non-hydrogen) atoms. The van der Waals surface area contributed by atoms with Crippen molar-refractivity contribution in [1.29, 1.82) is 0 Å². The average Bonchev–Trinajstić information content (AvgIpc) is 2.85. The van der Waals surface area contributed by atoms with Crippen LogP contribution in [0.5, 0.6) is 5.75 Å². The fraction of sp³-hybridized carbons (Fsp3) is 0.467. The number of aryl methyl sites for hydroxylation is 2. The predicted molar refractivity (Wildman–Crippen MR) is 74.4 cm³/mol. The van der Waals surface area contributed by atoms with Crippen molar-refractivity contribution in [1.82, 2.24) is 10.1 Å². The van der Waals surface area contributed by atoms with Gasteiger partial charge in [0.25, 0.3) is 0 Å². The van der Waals surface area contributed by atoms with Crippen molar-refractivity contribution in [3.05, 3.63) is 41.0 Å². The van der Waals surface area contributed by atoms with Crippen LogP contribution in [0.3, 0.4) is 0 Å². The fourth-order valence-corrected chi connectivity index (χ4v) is 1.90. The van der Waals surface area contributed by atoms with Crippen LogP contribution in [-0.2, 0) is 13.0 Å². The van der Waals surface area contributed by atoms with Gasteiger partial charge >= 0.3 is 0 Å². The van der Waals surface area contributed by atoms with E-state index >= 15 is 0 Å². The third kappa shape index (κ3) is 3.57. The van der Waals surface area contributed by atoms with Crippen LogP contribution in [0.25, 0.3) is 0 Å². The van der Waals surface area contributed by atoms with E-state index in [1.165, 1.54) is 0 Å². The molecular weight excluding hydrogens is 256 g/mol. The van der Waals surface area contributed by atoms with Crippen molar-refractivity contribution < 1.29 is 14.4 Å². The molecule has 0 saturated carbocycles. The second-order valence-corrected chi connectivity index (χ2v) is 4.84. The monoisotopic (exact) mass is 276 g/mol. The van der Waals surface area contributed by atoms with Crippen LogP contribution in [0.4, 0.5) is 0 Å². The summed E-state index contributed by atoms with van der Waals surface area (Å²) in [5.41, 5.74) is 1.85. The Morgan fingerprint density at radius 1 is 1.40 bits per heavy atom. The summed E-state index contributed by atoms with van der Waals surface area (Å²) < 4.78 is 10.8. The highest BCUT2D eigenvalue weighted by Crippen LogP contribution is 2.23. The lowest BCUT2D eigenvalue weighted by Crippen LogP contribution is -2.00. The van der Waals surface area contributed by atoms with E-state index in [1.807, 2.05) is 25.1 Å². The van der Waals surface area contributed by atoms with Gasteiger partial charge in [0.05, 0.1) is 6.10 Å². The Hall–Kier alpha value is -1.88. The highest BCUT2D eigenvalue weighted by molar-refractivity contribution is 5.36. The first-order valence-electron chi connectivity index (χ1n) is 6.83. The Kier molecular flexibility index (Phi) is 4.74. The van der Waals surface area contributed by atoms with Crippen molar-refractivity contribution in [3.8, 4) is 5.75 Å². The lowest BCUT2D eigenvalue weighted by molar-refractivity contribution is 0.199. The first-order valence-corrected chi connectivity index (χ1v) is 6.83. The molecule has 1 atom stereocenters. The minimum absolute atomic E-state index is 0.280. The Bertz CT molecular complexity index is 564. The summed E-state index contributed by atoms with van der Waals surface area (Å²) in [4.78, 5) is 4.25. The standard InChI is InChI=1S/C15H20N2O3/c1-4-5-15-16-14(17-20-15)9-19-13-7-6-12(11(3)18)8-10(13)2/h6-8,11,18H,4-5,9H2,1-3H3/t11-/m1/s1. The smallest absolute Gasteiger partial charge is 0.226 e. The van der Waals surface area contributed by atoms with E-state index < -0.39 is 6.10 Å². The molecule has 0 aliphatic rings. The second kappa shape index (κ2) is 6.52. The normalized spacial score (nSPS) is 12.4. The summed E-state index contributed by atoms with van der Waals surface area (Å²) in [6.45, 7) is 6.03. The summed E-state index contributed by atoms with van der Waals surface area (Å²) >= 11 is 0. The van der Waals surface area contributed by atoms with E-state index in [-0.39, 0.29) is 6.61 Å². The largest absolute Gasteiger partial charge is 0.485 e. The van der Waals surface area contributed by atoms with Gasteiger partial charge in [-0.3, -0.25) is 0 Å². The highest BCUT2D eigenvalue weighted by atomic mass is 16.5. The van der Waals surface area contributed by atoms with E-state index in [2.05, 4.69) is 17.1 Å². The van der Waals surface area contributed by atoms with Crippen molar-refractivity contribution in [3.63, 3.8) is 0 Å². The molecular formula is C15H20N2O3. The minimum atomic E-state index is -0.475. The molecule has 2 aromatic rings. The van der Waals surface area contributed by atoms with E-state index in [0.717, 1.165) is 29.7 Å². The lowest BCUT2D eigenvalue weighted by Gasteiger charge is -2.10. The summed E-state index contributed by atoms with van der Waals surface area (Å²) in [5.74, 6) is 1.95. The van der Waals surface area contributed by atoms with Gasteiger partial charge in [0, 0.05) is 6.42 Å². The molecule has 0 fully saturated rings. The van der Waals surface area contributed by atoms with Crippen LogP contribution in [-0.4, -0.2) is 15.2 Å². The van der Waals surface area contributed by atoms with Crippen molar-refractivity contribution in [2.75, 3.05) is 0 Å². The summed E-state index contributed by atoms with van der Waals surface area (Å²) in [5, 5.41) is 13.4. The third-order valence-corrected chi connectivity index (χ3v) is 3.01. The molecule has 108 valence electrons. The van der Waals surface area contributed by atoms with Gasteiger partial charge in [0.15, 0.2) is 6.61 Å². The van der Waals surface area contributed by atoms with E-state index in [1.54, 1.807) is 6.92 Å². The van der Waals surface area contributed by atoms with Gasteiger partial charge in [-0.05, 0) is 43.5 Å². The number of hydrogen-bond donors (Lipinski definition) is 1. The summed E-state index contributed by atoms with van der Waals surface area (Å²) in [6, 6.07) is 5.62. The summed E-state index contributed by atoms with van der Waals surface area (Å²) in [6.07, 6.45) is 1.29. The third-order valence-electron chi connectivity index (χ3n) is 3.01. The number of benzene rings is 1. The number of ether oxygens (including phenoxy) is 1. The topological polar surface area (TPSA) is 68.4 Å². The molecule has 1 heterocycles. The van der Waals surface area contributed by atoms with Gasteiger partial charge in [-0.15, -0.1) is 0 Å². The Morgan fingerprint density at radius 2 is 2.20 bits per heavy atom. The predicted octanol–water partition coefficient (Wildman–Crippen LogP) is 2.96. The SMILES string of the molecule is CCCc1nc(COc2ccc([C@@H](C)O)cc2C)no1. The van der Waals surface area contributed by atoms with Gasteiger partial charge < -0.3 is 14.4 Å². The van der Waals surface area contributed by atoms with E-state index in [9.17, 15) is 5.11 Å². The molecule has 5 nitrogen and oxygen atoms in total. The molecule has 1 N–H and O–H groups in total. The summed E-state index contributed by atoms with van der Waals surface area (Å²) in [7, 11) is 0. The van der Waals surface area contributed by atoms with Crippen LogP contribution in [0.1, 0.15) is 49.2 Å². The maximum atomic E-state index is 9.53. The Morgan fingerprint density at radius 3 is 2.85 bits per heavy atom. The van der Waals surface area contributed by atoms with Crippen LogP contribution < -0.4 is 4.74 Å². The fourth-order valence-electron chi connectivity index (χ4n) is 1.90. The minimum Gasteiger partial charge on any atom is -0.485 e. The van der Waals surface area contributed by atoms with Crippen molar-refractivity contribution in [2.24, 2.45) is 0 Å². The molecule has 1 aromatic carbocycles. The first-order chi connectivity index (χ1) is 9.60. The quantitative estimate of drug-likeness (QED) is 0.878. The molecule has 1 aromatic heterocycles. The average molecular weight is 276 g/mol. The molecule has 0 amide bonds. The maximum Gasteiger partial charge on any atom is 0.226 e. The molecule has 0 aliphatic heterocycles. The first kappa shape index (κ1) is 14.5. The molecule has 2 rings (SSSR count). The van der Waals surface area contributed by atoms with E-state index in [0.29, 0.717) is 11.7 Å². The maximum absolute atomic E-state index is 9.53. The van der Waals surface area contributed by atoms with Gasteiger partial charge in [-0.1, -0.05) is 18.1 Å². The molecule has 0 bridgehead atoms. The number of hydrogen-bond acceptors (Lipinski definition) is 5. The highest BCUT2D eigenvalue weighted by Gasteiger charge is 2.08. The zero-order valence-corrected chi connectivity index (χ0v) is 12.1. The molecule has 5 heteroatoms.